The monoisotopic (exact) mass is 183 g/mol. The summed E-state index contributed by atoms with van der Waals surface area (Å²) in [4.78, 5) is 1.08. The summed E-state index contributed by atoms with van der Waals surface area (Å²) in [6.07, 6.45) is 2.72. The second-order valence-electron chi connectivity index (χ2n) is 2.53. The predicted octanol–water partition coefficient (Wildman–Crippen LogP) is 1.62. The zero-order valence-corrected chi connectivity index (χ0v) is 7.90. The van der Waals surface area contributed by atoms with Crippen molar-refractivity contribution in [3.63, 3.8) is 0 Å². The first-order valence-corrected chi connectivity index (χ1v) is 5.06. The van der Waals surface area contributed by atoms with Crippen molar-refractivity contribution in [1.29, 1.82) is 0 Å². The molecule has 0 fully saturated rings. The van der Waals surface area contributed by atoms with Crippen LogP contribution in [0.2, 0.25) is 0 Å². The summed E-state index contributed by atoms with van der Waals surface area (Å²) in [5, 5.41) is 9.48. The van der Waals surface area contributed by atoms with Gasteiger partial charge in [-0.3, -0.25) is 0 Å². The molecule has 1 aromatic rings. The summed E-state index contributed by atoms with van der Waals surface area (Å²) in [6, 6.07) is 5.69. The Morgan fingerprint density at radius 1 is 1.50 bits per heavy atom. The van der Waals surface area contributed by atoms with E-state index in [1.54, 1.807) is 17.8 Å². The Bertz CT molecular complexity index is 263. The molecule has 0 amide bonds. The average Bonchev–Trinajstić information content (AvgIpc) is 2.09. The Balaban J connectivity index is 2.87. The SMILES string of the molecule is CSc1ccc(CCN)c(O)c1. The third-order valence-electron chi connectivity index (χ3n) is 1.71. The van der Waals surface area contributed by atoms with Gasteiger partial charge in [-0.15, -0.1) is 11.8 Å². The number of phenols is 1. The van der Waals surface area contributed by atoms with Crippen LogP contribution in [-0.2, 0) is 6.42 Å². The highest BCUT2D eigenvalue weighted by atomic mass is 32.2. The van der Waals surface area contributed by atoms with Gasteiger partial charge in [-0.1, -0.05) is 6.07 Å². The van der Waals surface area contributed by atoms with Crippen molar-refractivity contribution in [3.05, 3.63) is 23.8 Å². The Morgan fingerprint density at radius 2 is 2.25 bits per heavy atom. The van der Waals surface area contributed by atoms with E-state index in [2.05, 4.69) is 0 Å². The molecule has 0 aliphatic rings. The van der Waals surface area contributed by atoms with Crippen LogP contribution in [0.25, 0.3) is 0 Å². The van der Waals surface area contributed by atoms with Crippen LogP contribution in [0.1, 0.15) is 5.56 Å². The molecule has 0 atom stereocenters. The van der Waals surface area contributed by atoms with Gasteiger partial charge in [0.2, 0.25) is 0 Å². The van der Waals surface area contributed by atoms with E-state index in [0.29, 0.717) is 12.3 Å². The van der Waals surface area contributed by atoms with Crippen molar-refractivity contribution in [2.24, 2.45) is 5.73 Å². The summed E-state index contributed by atoms with van der Waals surface area (Å²) >= 11 is 1.62. The lowest BCUT2D eigenvalue weighted by molar-refractivity contribution is 0.466. The Morgan fingerprint density at radius 3 is 2.75 bits per heavy atom. The molecule has 0 radical (unpaired) electrons. The van der Waals surface area contributed by atoms with Gasteiger partial charge in [0.1, 0.15) is 5.75 Å². The second kappa shape index (κ2) is 4.38. The van der Waals surface area contributed by atoms with E-state index in [-0.39, 0.29) is 0 Å². The van der Waals surface area contributed by atoms with Gasteiger partial charge in [-0.05, 0) is 36.9 Å². The van der Waals surface area contributed by atoms with E-state index in [9.17, 15) is 5.11 Å². The maximum Gasteiger partial charge on any atom is 0.119 e. The maximum atomic E-state index is 9.48. The van der Waals surface area contributed by atoms with Gasteiger partial charge in [-0.2, -0.15) is 0 Å². The third-order valence-corrected chi connectivity index (χ3v) is 2.43. The van der Waals surface area contributed by atoms with E-state index in [4.69, 9.17) is 5.73 Å². The Hall–Kier alpha value is -0.670. The summed E-state index contributed by atoms with van der Waals surface area (Å²) in [7, 11) is 0. The second-order valence-corrected chi connectivity index (χ2v) is 3.41. The number of phenolic OH excluding ortho intramolecular Hbond substituents is 1. The number of hydrogen-bond donors (Lipinski definition) is 2. The molecule has 0 saturated carbocycles. The van der Waals surface area contributed by atoms with E-state index in [0.717, 1.165) is 16.9 Å². The molecular weight excluding hydrogens is 170 g/mol. The fourth-order valence-electron chi connectivity index (χ4n) is 1.04. The minimum absolute atomic E-state index is 0.354. The standard InChI is InChI=1S/C9H13NOS/c1-12-8-3-2-7(4-5-10)9(11)6-8/h2-3,6,11H,4-5,10H2,1H3. The predicted molar refractivity (Wildman–Crippen MR) is 52.6 cm³/mol. The smallest absolute Gasteiger partial charge is 0.119 e. The molecule has 0 aliphatic carbocycles. The molecule has 66 valence electrons. The molecule has 0 unspecified atom stereocenters. The average molecular weight is 183 g/mol. The molecule has 3 N–H and O–H groups in total. The molecule has 0 spiro atoms. The van der Waals surface area contributed by atoms with Crippen molar-refractivity contribution in [2.75, 3.05) is 12.8 Å². The highest BCUT2D eigenvalue weighted by Gasteiger charge is 2.00. The van der Waals surface area contributed by atoms with Crippen LogP contribution in [-0.4, -0.2) is 17.9 Å². The van der Waals surface area contributed by atoms with Crippen LogP contribution in [0.3, 0.4) is 0 Å². The number of nitrogens with two attached hydrogens (primary N) is 1. The molecule has 0 heterocycles. The number of benzene rings is 1. The highest BCUT2D eigenvalue weighted by Crippen LogP contribution is 2.24. The van der Waals surface area contributed by atoms with Gasteiger partial charge in [0.25, 0.3) is 0 Å². The topological polar surface area (TPSA) is 46.2 Å². The first kappa shape index (κ1) is 9.42. The molecule has 0 aliphatic heterocycles. The molecule has 0 aromatic heterocycles. The van der Waals surface area contributed by atoms with Crippen molar-refractivity contribution < 1.29 is 5.11 Å². The maximum absolute atomic E-state index is 9.48. The molecule has 12 heavy (non-hydrogen) atoms. The number of aromatic hydroxyl groups is 1. The van der Waals surface area contributed by atoms with Crippen LogP contribution in [0.5, 0.6) is 5.75 Å². The van der Waals surface area contributed by atoms with Crippen LogP contribution < -0.4 is 5.73 Å². The molecule has 1 aromatic carbocycles. The molecule has 0 saturated heterocycles. The number of rotatable bonds is 3. The van der Waals surface area contributed by atoms with Crippen molar-refractivity contribution >= 4 is 11.8 Å². The van der Waals surface area contributed by atoms with Crippen LogP contribution in [0.15, 0.2) is 23.1 Å². The lowest BCUT2D eigenvalue weighted by atomic mass is 10.1. The third kappa shape index (κ3) is 2.16. The normalized spacial score (nSPS) is 10.2. The van der Waals surface area contributed by atoms with Gasteiger partial charge >= 0.3 is 0 Å². The van der Waals surface area contributed by atoms with E-state index < -0.39 is 0 Å². The summed E-state index contributed by atoms with van der Waals surface area (Å²) in [5.41, 5.74) is 6.31. The number of thioether (sulfide) groups is 1. The first-order valence-electron chi connectivity index (χ1n) is 3.84. The Kier molecular flexibility index (Phi) is 3.44. The first-order chi connectivity index (χ1) is 5.77. The lowest BCUT2D eigenvalue weighted by Gasteiger charge is -2.03. The van der Waals surface area contributed by atoms with Crippen molar-refractivity contribution in [3.8, 4) is 5.75 Å². The van der Waals surface area contributed by atoms with Crippen molar-refractivity contribution in [1.82, 2.24) is 0 Å². The lowest BCUT2D eigenvalue weighted by Crippen LogP contribution is -2.02. The molecular formula is C9H13NOS. The van der Waals surface area contributed by atoms with Gasteiger partial charge in [-0.25, -0.2) is 0 Å². The number of hydrogen-bond acceptors (Lipinski definition) is 3. The van der Waals surface area contributed by atoms with Gasteiger partial charge in [0.15, 0.2) is 0 Å². The molecule has 1 rings (SSSR count). The zero-order chi connectivity index (χ0) is 8.97. The molecule has 2 nitrogen and oxygen atoms in total. The van der Waals surface area contributed by atoms with Crippen LogP contribution >= 0.6 is 11.8 Å². The van der Waals surface area contributed by atoms with Gasteiger partial charge in [0.05, 0.1) is 0 Å². The summed E-state index contributed by atoms with van der Waals surface area (Å²) in [6.45, 7) is 0.576. The molecule has 0 bridgehead atoms. The highest BCUT2D eigenvalue weighted by molar-refractivity contribution is 7.98. The minimum atomic E-state index is 0.354. The quantitative estimate of drug-likeness (QED) is 0.700. The van der Waals surface area contributed by atoms with E-state index in [1.165, 1.54) is 0 Å². The van der Waals surface area contributed by atoms with Gasteiger partial charge < -0.3 is 10.8 Å². The van der Waals surface area contributed by atoms with Crippen molar-refractivity contribution in [2.45, 2.75) is 11.3 Å². The summed E-state index contributed by atoms with van der Waals surface area (Å²) in [5.74, 6) is 0.354. The fraction of sp³-hybridized carbons (Fsp3) is 0.333. The van der Waals surface area contributed by atoms with E-state index >= 15 is 0 Å². The minimum Gasteiger partial charge on any atom is -0.508 e. The summed E-state index contributed by atoms with van der Waals surface area (Å²) < 4.78 is 0. The van der Waals surface area contributed by atoms with Crippen LogP contribution in [0.4, 0.5) is 0 Å². The fourth-order valence-corrected chi connectivity index (χ4v) is 1.47. The zero-order valence-electron chi connectivity index (χ0n) is 7.08. The van der Waals surface area contributed by atoms with Crippen LogP contribution in [0, 0.1) is 0 Å². The molecule has 3 heteroatoms. The van der Waals surface area contributed by atoms with Gasteiger partial charge in [0, 0.05) is 4.90 Å². The largest absolute Gasteiger partial charge is 0.508 e. The van der Waals surface area contributed by atoms with E-state index in [1.807, 2.05) is 18.4 Å². The Labute approximate surface area is 76.8 Å².